The molecule has 0 atom stereocenters. The number of hydrogen-bond acceptors (Lipinski definition) is 4. The van der Waals surface area contributed by atoms with Crippen molar-refractivity contribution >= 4 is 5.69 Å². The summed E-state index contributed by atoms with van der Waals surface area (Å²) in [7, 11) is 0. The Bertz CT molecular complexity index is 556. The van der Waals surface area contributed by atoms with Crippen molar-refractivity contribution in [2.45, 2.75) is 34.1 Å². The summed E-state index contributed by atoms with van der Waals surface area (Å²) in [6, 6.07) is 1.95. The fourth-order valence-electron chi connectivity index (χ4n) is 1.78. The minimum atomic E-state index is 0.722. The monoisotopic (exact) mass is 231 g/mol. The van der Waals surface area contributed by atoms with E-state index in [1.54, 1.807) is 4.68 Å². The molecule has 0 bridgehead atoms. The molecular weight excluding hydrogens is 214 g/mol. The Hall–Kier alpha value is -1.91. The molecule has 0 saturated heterocycles. The van der Waals surface area contributed by atoms with Crippen LogP contribution in [0, 0.1) is 20.8 Å². The van der Waals surface area contributed by atoms with Crippen molar-refractivity contribution in [2.24, 2.45) is 0 Å². The normalized spacial score (nSPS) is 10.8. The van der Waals surface area contributed by atoms with Gasteiger partial charge in [-0.1, -0.05) is 6.92 Å². The molecule has 0 unspecified atom stereocenters. The summed E-state index contributed by atoms with van der Waals surface area (Å²) in [5, 5.41) is 4.40. The fraction of sp³-hybridized carbons (Fsp3) is 0.417. The van der Waals surface area contributed by atoms with Gasteiger partial charge in [0.15, 0.2) is 5.82 Å². The molecule has 90 valence electrons. The second-order valence-corrected chi connectivity index (χ2v) is 4.11. The molecule has 17 heavy (non-hydrogen) atoms. The van der Waals surface area contributed by atoms with Crippen LogP contribution in [0.25, 0.3) is 5.82 Å². The van der Waals surface area contributed by atoms with Gasteiger partial charge in [0.05, 0.1) is 17.1 Å². The van der Waals surface area contributed by atoms with Crippen LogP contribution < -0.4 is 5.73 Å². The van der Waals surface area contributed by atoms with E-state index >= 15 is 0 Å². The van der Waals surface area contributed by atoms with Crippen molar-refractivity contribution in [3.8, 4) is 5.82 Å². The van der Waals surface area contributed by atoms with Crippen molar-refractivity contribution in [1.29, 1.82) is 0 Å². The minimum absolute atomic E-state index is 0.722. The first-order chi connectivity index (χ1) is 8.02. The SMILES string of the molecule is CCc1cc(-n2nc(C)c(N)c2C)nc(C)n1. The molecule has 2 N–H and O–H groups in total. The molecule has 0 fully saturated rings. The molecule has 0 aromatic carbocycles. The standard InChI is InChI=1S/C12H17N5/c1-5-10-6-11(15-9(4)14-10)17-8(3)12(13)7(2)16-17/h6H,5,13H2,1-4H3. The van der Waals surface area contributed by atoms with Crippen molar-refractivity contribution in [2.75, 3.05) is 5.73 Å². The molecule has 5 nitrogen and oxygen atoms in total. The zero-order valence-corrected chi connectivity index (χ0v) is 10.7. The largest absolute Gasteiger partial charge is 0.396 e. The van der Waals surface area contributed by atoms with Crippen LogP contribution in [0.2, 0.25) is 0 Å². The van der Waals surface area contributed by atoms with Gasteiger partial charge in [-0.15, -0.1) is 0 Å². The van der Waals surface area contributed by atoms with E-state index in [1.807, 2.05) is 26.8 Å². The number of aryl methyl sites for hydroxylation is 3. The highest BCUT2D eigenvalue weighted by Crippen LogP contribution is 2.18. The summed E-state index contributed by atoms with van der Waals surface area (Å²) in [4.78, 5) is 8.75. The van der Waals surface area contributed by atoms with E-state index in [0.717, 1.165) is 40.8 Å². The van der Waals surface area contributed by atoms with Gasteiger partial charge in [0.1, 0.15) is 5.82 Å². The van der Waals surface area contributed by atoms with E-state index in [4.69, 9.17) is 5.73 Å². The molecule has 2 rings (SSSR count). The topological polar surface area (TPSA) is 69.6 Å². The molecule has 0 spiro atoms. The van der Waals surface area contributed by atoms with Crippen LogP contribution in [0.15, 0.2) is 6.07 Å². The van der Waals surface area contributed by atoms with Crippen LogP contribution in [0.3, 0.4) is 0 Å². The van der Waals surface area contributed by atoms with Gasteiger partial charge in [0.2, 0.25) is 0 Å². The third kappa shape index (κ3) is 2.00. The number of nitrogens with two attached hydrogens (primary N) is 1. The molecular formula is C12H17N5. The van der Waals surface area contributed by atoms with Gasteiger partial charge >= 0.3 is 0 Å². The molecule has 0 amide bonds. The molecule has 0 aliphatic carbocycles. The Labute approximate surface area is 101 Å². The molecule has 0 aliphatic heterocycles. The van der Waals surface area contributed by atoms with Crippen LogP contribution >= 0.6 is 0 Å². The first-order valence-corrected chi connectivity index (χ1v) is 5.69. The van der Waals surface area contributed by atoms with E-state index in [1.165, 1.54) is 0 Å². The Morgan fingerprint density at radius 3 is 2.47 bits per heavy atom. The van der Waals surface area contributed by atoms with Crippen molar-refractivity contribution in [1.82, 2.24) is 19.7 Å². The lowest BCUT2D eigenvalue weighted by Gasteiger charge is -2.06. The summed E-state index contributed by atoms with van der Waals surface area (Å²) in [5.41, 5.74) is 9.41. The Balaban J connectivity index is 2.59. The maximum atomic E-state index is 5.92. The highest BCUT2D eigenvalue weighted by atomic mass is 15.3. The number of hydrogen-bond donors (Lipinski definition) is 1. The smallest absolute Gasteiger partial charge is 0.157 e. The van der Waals surface area contributed by atoms with Gasteiger partial charge in [-0.2, -0.15) is 5.10 Å². The molecule has 2 aromatic rings. The first kappa shape index (κ1) is 11.6. The lowest BCUT2D eigenvalue weighted by Crippen LogP contribution is -2.06. The third-order valence-corrected chi connectivity index (χ3v) is 2.80. The lowest BCUT2D eigenvalue weighted by molar-refractivity contribution is 0.783. The average molecular weight is 231 g/mol. The van der Waals surface area contributed by atoms with E-state index in [-0.39, 0.29) is 0 Å². The summed E-state index contributed by atoms with van der Waals surface area (Å²) < 4.78 is 1.78. The van der Waals surface area contributed by atoms with Crippen LogP contribution in [0.5, 0.6) is 0 Å². The summed E-state index contributed by atoms with van der Waals surface area (Å²) in [6.45, 7) is 7.80. The Morgan fingerprint density at radius 2 is 1.94 bits per heavy atom. The molecule has 5 heteroatoms. The number of aromatic nitrogens is 4. The van der Waals surface area contributed by atoms with Crippen LogP contribution in [-0.4, -0.2) is 19.7 Å². The summed E-state index contributed by atoms with van der Waals surface area (Å²) in [5.74, 6) is 1.54. The third-order valence-electron chi connectivity index (χ3n) is 2.80. The predicted molar refractivity (Wildman–Crippen MR) is 67.2 cm³/mol. The molecule has 2 aromatic heterocycles. The quantitative estimate of drug-likeness (QED) is 0.854. The maximum absolute atomic E-state index is 5.92. The van der Waals surface area contributed by atoms with Crippen molar-refractivity contribution in [3.63, 3.8) is 0 Å². The number of nitrogen functional groups attached to an aromatic ring is 1. The van der Waals surface area contributed by atoms with Gasteiger partial charge in [-0.3, -0.25) is 0 Å². The van der Waals surface area contributed by atoms with E-state index in [9.17, 15) is 0 Å². The summed E-state index contributed by atoms with van der Waals surface area (Å²) in [6.07, 6.45) is 0.880. The lowest BCUT2D eigenvalue weighted by atomic mass is 10.3. The van der Waals surface area contributed by atoms with Gasteiger partial charge in [0.25, 0.3) is 0 Å². The van der Waals surface area contributed by atoms with E-state index in [2.05, 4.69) is 22.0 Å². The minimum Gasteiger partial charge on any atom is -0.396 e. The average Bonchev–Trinajstić information content (AvgIpc) is 2.56. The maximum Gasteiger partial charge on any atom is 0.157 e. The van der Waals surface area contributed by atoms with Crippen molar-refractivity contribution < 1.29 is 0 Å². The van der Waals surface area contributed by atoms with Crippen LogP contribution in [-0.2, 0) is 6.42 Å². The highest BCUT2D eigenvalue weighted by Gasteiger charge is 2.11. The van der Waals surface area contributed by atoms with E-state index < -0.39 is 0 Å². The van der Waals surface area contributed by atoms with E-state index in [0.29, 0.717) is 0 Å². The molecule has 0 aliphatic rings. The Morgan fingerprint density at radius 1 is 1.24 bits per heavy atom. The van der Waals surface area contributed by atoms with Gasteiger partial charge in [-0.25, -0.2) is 14.6 Å². The number of rotatable bonds is 2. The zero-order chi connectivity index (χ0) is 12.6. The number of nitrogens with zero attached hydrogens (tertiary/aromatic N) is 4. The predicted octanol–water partition coefficient (Wildman–Crippen LogP) is 1.73. The van der Waals surface area contributed by atoms with Crippen molar-refractivity contribution in [3.05, 3.63) is 29.0 Å². The molecule has 2 heterocycles. The highest BCUT2D eigenvalue weighted by molar-refractivity contribution is 5.49. The van der Waals surface area contributed by atoms with Gasteiger partial charge in [0, 0.05) is 11.8 Å². The molecule has 0 saturated carbocycles. The zero-order valence-electron chi connectivity index (χ0n) is 10.7. The number of anilines is 1. The first-order valence-electron chi connectivity index (χ1n) is 5.69. The summed E-state index contributed by atoms with van der Waals surface area (Å²) >= 11 is 0. The van der Waals surface area contributed by atoms with Crippen LogP contribution in [0.4, 0.5) is 5.69 Å². The Kier molecular flexibility index (Phi) is 2.83. The fourth-order valence-corrected chi connectivity index (χ4v) is 1.78. The van der Waals surface area contributed by atoms with Gasteiger partial charge < -0.3 is 5.73 Å². The van der Waals surface area contributed by atoms with Gasteiger partial charge in [-0.05, 0) is 27.2 Å². The second-order valence-electron chi connectivity index (χ2n) is 4.11. The second kappa shape index (κ2) is 4.16. The van der Waals surface area contributed by atoms with Crippen LogP contribution in [0.1, 0.15) is 29.8 Å². The molecule has 0 radical (unpaired) electrons.